The minimum atomic E-state index is -0.899. The summed E-state index contributed by atoms with van der Waals surface area (Å²) in [4.78, 5) is 10.3. The predicted octanol–water partition coefficient (Wildman–Crippen LogP) is 2.09. The highest BCUT2D eigenvalue weighted by atomic mass is 19.2. The third-order valence-electron chi connectivity index (χ3n) is 2.23. The van der Waals surface area contributed by atoms with Crippen molar-refractivity contribution in [2.45, 2.75) is 19.4 Å². The van der Waals surface area contributed by atoms with Crippen LogP contribution in [0.4, 0.5) is 8.78 Å². The van der Waals surface area contributed by atoms with E-state index in [4.69, 9.17) is 5.11 Å². The van der Waals surface area contributed by atoms with E-state index in [1.165, 1.54) is 6.07 Å². The van der Waals surface area contributed by atoms with Gasteiger partial charge in [-0.1, -0.05) is 6.07 Å². The van der Waals surface area contributed by atoms with E-state index in [1.54, 1.807) is 6.92 Å². The van der Waals surface area contributed by atoms with Gasteiger partial charge in [0.2, 0.25) is 0 Å². The number of aliphatic carboxylic acids is 1. The highest BCUT2D eigenvalue weighted by Crippen LogP contribution is 2.15. The summed E-state index contributed by atoms with van der Waals surface area (Å²) in [6, 6.07) is 3.42. The van der Waals surface area contributed by atoms with E-state index >= 15 is 0 Å². The van der Waals surface area contributed by atoms with Crippen molar-refractivity contribution in [3.63, 3.8) is 0 Å². The average Bonchev–Trinajstić information content (AvgIpc) is 2.21. The molecule has 0 aliphatic rings. The van der Waals surface area contributed by atoms with E-state index in [9.17, 15) is 13.6 Å². The summed E-state index contributed by atoms with van der Waals surface area (Å²) in [6.07, 6.45) is -0.00594. The van der Waals surface area contributed by atoms with E-state index in [2.05, 4.69) is 5.32 Å². The second kappa shape index (κ2) is 5.55. The van der Waals surface area contributed by atoms with Gasteiger partial charge in [0.1, 0.15) is 0 Å². The van der Waals surface area contributed by atoms with Crippen molar-refractivity contribution in [3.8, 4) is 0 Å². The van der Waals surface area contributed by atoms with Crippen molar-refractivity contribution in [1.29, 1.82) is 0 Å². The Balaban J connectivity index is 2.55. The van der Waals surface area contributed by atoms with Crippen LogP contribution in [0.2, 0.25) is 0 Å². The van der Waals surface area contributed by atoms with Gasteiger partial charge in [0.05, 0.1) is 6.42 Å². The lowest BCUT2D eigenvalue weighted by Gasteiger charge is -2.13. The second-order valence-electron chi connectivity index (χ2n) is 3.49. The first-order valence-corrected chi connectivity index (χ1v) is 4.91. The number of hydrogen-bond acceptors (Lipinski definition) is 2. The van der Waals surface area contributed by atoms with Gasteiger partial charge >= 0.3 is 5.97 Å². The molecule has 1 unspecified atom stereocenters. The Bertz CT molecular complexity index is 382. The Morgan fingerprint density at radius 3 is 2.69 bits per heavy atom. The van der Waals surface area contributed by atoms with Crippen LogP contribution in [-0.4, -0.2) is 17.6 Å². The quantitative estimate of drug-likeness (QED) is 0.812. The molecule has 0 aliphatic carbocycles. The first-order valence-electron chi connectivity index (χ1n) is 4.91. The molecule has 88 valence electrons. The van der Waals surface area contributed by atoms with Gasteiger partial charge in [-0.15, -0.1) is 0 Å². The number of rotatable bonds is 5. The van der Waals surface area contributed by atoms with Gasteiger partial charge in [-0.25, -0.2) is 8.78 Å². The highest BCUT2D eigenvalue weighted by Gasteiger charge is 2.09. The summed E-state index contributed by atoms with van der Waals surface area (Å²) in [6.45, 7) is 2.05. The summed E-state index contributed by atoms with van der Waals surface area (Å²) in [5.74, 6) is -2.68. The molecule has 3 nitrogen and oxygen atoms in total. The number of hydrogen-bond donors (Lipinski definition) is 2. The second-order valence-corrected chi connectivity index (χ2v) is 3.49. The molecule has 0 aromatic heterocycles. The van der Waals surface area contributed by atoms with Gasteiger partial charge in [-0.05, 0) is 24.6 Å². The Hall–Kier alpha value is -1.49. The van der Waals surface area contributed by atoms with Crippen molar-refractivity contribution in [2.24, 2.45) is 0 Å². The van der Waals surface area contributed by atoms with Gasteiger partial charge in [0.25, 0.3) is 0 Å². The lowest BCUT2D eigenvalue weighted by atomic mass is 10.1. The van der Waals surface area contributed by atoms with Crippen molar-refractivity contribution in [1.82, 2.24) is 5.32 Å². The van der Waals surface area contributed by atoms with Crippen LogP contribution in [0.5, 0.6) is 0 Å². The Morgan fingerprint density at radius 1 is 1.44 bits per heavy atom. The normalized spacial score (nSPS) is 12.4. The van der Waals surface area contributed by atoms with Crippen LogP contribution in [0.25, 0.3) is 0 Å². The van der Waals surface area contributed by atoms with Crippen LogP contribution in [0, 0.1) is 11.6 Å². The molecule has 1 atom stereocenters. The summed E-state index contributed by atoms with van der Waals surface area (Å²) in [5.41, 5.74) is 0.587. The first kappa shape index (κ1) is 12.6. The maximum atomic E-state index is 12.9. The molecule has 1 rings (SSSR count). The van der Waals surface area contributed by atoms with E-state index < -0.39 is 17.6 Å². The number of carboxylic acid groups (broad SMARTS) is 1. The first-order chi connectivity index (χ1) is 7.50. The van der Waals surface area contributed by atoms with E-state index in [0.717, 1.165) is 12.1 Å². The monoisotopic (exact) mass is 229 g/mol. The van der Waals surface area contributed by atoms with Crippen LogP contribution in [0.1, 0.15) is 24.9 Å². The topological polar surface area (TPSA) is 49.3 Å². The zero-order valence-corrected chi connectivity index (χ0v) is 8.84. The van der Waals surface area contributed by atoms with Gasteiger partial charge < -0.3 is 10.4 Å². The molecule has 0 heterocycles. The molecule has 1 aromatic rings. The molecule has 16 heavy (non-hydrogen) atoms. The van der Waals surface area contributed by atoms with E-state index in [-0.39, 0.29) is 19.0 Å². The minimum Gasteiger partial charge on any atom is -0.481 e. The predicted molar refractivity (Wildman–Crippen MR) is 55.0 cm³/mol. The maximum Gasteiger partial charge on any atom is 0.304 e. The van der Waals surface area contributed by atoms with E-state index in [1.807, 2.05) is 0 Å². The lowest BCUT2D eigenvalue weighted by Crippen LogP contribution is -2.22. The SMILES string of the molecule is CC(NCCC(=O)O)c1ccc(F)c(F)c1. The molecular weight excluding hydrogens is 216 g/mol. The highest BCUT2D eigenvalue weighted by molar-refractivity contribution is 5.66. The summed E-state index contributed by atoms with van der Waals surface area (Å²) >= 11 is 0. The number of carboxylic acids is 1. The van der Waals surface area contributed by atoms with Crippen molar-refractivity contribution < 1.29 is 18.7 Å². The van der Waals surface area contributed by atoms with Crippen molar-refractivity contribution in [2.75, 3.05) is 6.54 Å². The van der Waals surface area contributed by atoms with Crippen LogP contribution in [-0.2, 0) is 4.79 Å². The smallest absolute Gasteiger partial charge is 0.304 e. The summed E-state index contributed by atoms with van der Waals surface area (Å²) < 4.78 is 25.5. The zero-order valence-electron chi connectivity index (χ0n) is 8.84. The molecular formula is C11H13F2NO2. The van der Waals surface area contributed by atoms with E-state index in [0.29, 0.717) is 5.56 Å². The molecule has 0 radical (unpaired) electrons. The molecule has 0 aliphatic heterocycles. The number of carbonyl (C=O) groups is 1. The Labute approximate surface area is 92.1 Å². The van der Waals surface area contributed by atoms with Crippen LogP contribution in [0.15, 0.2) is 18.2 Å². The molecule has 2 N–H and O–H groups in total. The summed E-state index contributed by atoms with van der Waals surface area (Å²) in [7, 11) is 0. The Kier molecular flexibility index (Phi) is 4.37. The van der Waals surface area contributed by atoms with Crippen LogP contribution < -0.4 is 5.32 Å². The third kappa shape index (κ3) is 3.58. The molecule has 0 spiro atoms. The summed E-state index contributed by atoms with van der Waals surface area (Å²) in [5, 5.41) is 11.3. The fraction of sp³-hybridized carbons (Fsp3) is 0.364. The third-order valence-corrected chi connectivity index (χ3v) is 2.23. The lowest BCUT2D eigenvalue weighted by molar-refractivity contribution is -0.136. The number of halogens is 2. The fourth-order valence-corrected chi connectivity index (χ4v) is 1.30. The molecule has 0 amide bonds. The average molecular weight is 229 g/mol. The maximum absolute atomic E-state index is 12.9. The zero-order chi connectivity index (χ0) is 12.1. The van der Waals surface area contributed by atoms with Gasteiger partial charge in [0.15, 0.2) is 11.6 Å². The molecule has 0 fully saturated rings. The fourth-order valence-electron chi connectivity index (χ4n) is 1.30. The minimum absolute atomic E-state index is 0.00594. The molecule has 0 bridgehead atoms. The molecule has 0 saturated heterocycles. The van der Waals surface area contributed by atoms with Crippen LogP contribution in [0.3, 0.4) is 0 Å². The largest absolute Gasteiger partial charge is 0.481 e. The van der Waals surface area contributed by atoms with Crippen LogP contribution >= 0.6 is 0 Å². The van der Waals surface area contributed by atoms with Crippen molar-refractivity contribution in [3.05, 3.63) is 35.4 Å². The number of benzene rings is 1. The van der Waals surface area contributed by atoms with Gasteiger partial charge in [0, 0.05) is 12.6 Å². The van der Waals surface area contributed by atoms with Gasteiger partial charge in [-0.3, -0.25) is 4.79 Å². The molecule has 1 aromatic carbocycles. The number of nitrogens with one attached hydrogen (secondary N) is 1. The van der Waals surface area contributed by atoms with Gasteiger partial charge in [-0.2, -0.15) is 0 Å². The molecule has 5 heteroatoms. The Morgan fingerprint density at radius 2 is 2.12 bits per heavy atom. The standard InChI is InChI=1S/C11H13F2NO2/c1-7(14-5-4-11(15)16)8-2-3-9(12)10(13)6-8/h2-3,6-7,14H,4-5H2,1H3,(H,15,16). The molecule has 0 saturated carbocycles. The van der Waals surface area contributed by atoms with Crippen molar-refractivity contribution >= 4 is 5.97 Å².